The predicted molar refractivity (Wildman–Crippen MR) is 56.3 cm³/mol. The van der Waals surface area contributed by atoms with E-state index in [1.807, 2.05) is 24.3 Å². The zero-order valence-electron chi connectivity index (χ0n) is 8.24. The van der Waals surface area contributed by atoms with E-state index in [1.165, 1.54) is 0 Å². The van der Waals surface area contributed by atoms with E-state index in [1.54, 1.807) is 25.2 Å². The molecule has 0 aliphatic carbocycles. The molecule has 72 valence electrons. The lowest BCUT2D eigenvalue weighted by Crippen LogP contribution is -2.21. The Kier molecular flexibility index (Phi) is 2.00. The van der Waals surface area contributed by atoms with Gasteiger partial charge in [0.05, 0.1) is 5.56 Å². The van der Waals surface area contributed by atoms with Crippen molar-refractivity contribution in [1.29, 1.82) is 0 Å². The van der Waals surface area contributed by atoms with Crippen molar-refractivity contribution < 1.29 is 4.79 Å². The maximum Gasteiger partial charge on any atom is 0.255 e. The summed E-state index contributed by atoms with van der Waals surface area (Å²) in [5, 5.41) is 0.978. The predicted octanol–water partition coefficient (Wildman–Crippen LogP) is 1.87. The summed E-state index contributed by atoms with van der Waals surface area (Å²) in [6, 6.07) is 7.79. The van der Waals surface area contributed by atoms with E-state index in [4.69, 9.17) is 0 Å². The second-order valence-electron chi connectivity index (χ2n) is 3.45. The Morgan fingerprint density at radius 1 is 1.29 bits per heavy atom. The van der Waals surface area contributed by atoms with Gasteiger partial charge in [-0.15, -0.1) is 0 Å². The van der Waals surface area contributed by atoms with Crippen LogP contribution in [0.25, 0.3) is 10.9 Å². The van der Waals surface area contributed by atoms with E-state index in [-0.39, 0.29) is 5.91 Å². The van der Waals surface area contributed by atoms with Crippen LogP contribution in [0.2, 0.25) is 0 Å². The van der Waals surface area contributed by atoms with Crippen LogP contribution in [0, 0.1) is 0 Å². The van der Waals surface area contributed by atoms with E-state index in [0.29, 0.717) is 0 Å². The standard InChI is InChI=1S/C11H12N2O/c1-13(2)11(14)9-7-12-10-6-4-3-5-8(9)10/h3-7,12H,1-2H3. The molecule has 0 spiro atoms. The summed E-state index contributed by atoms with van der Waals surface area (Å²) in [6.45, 7) is 0. The monoisotopic (exact) mass is 188 g/mol. The van der Waals surface area contributed by atoms with Gasteiger partial charge in [0.25, 0.3) is 5.91 Å². The molecule has 1 heterocycles. The van der Waals surface area contributed by atoms with E-state index in [2.05, 4.69) is 4.98 Å². The highest BCUT2D eigenvalue weighted by atomic mass is 16.2. The number of nitrogens with zero attached hydrogens (tertiary/aromatic N) is 1. The number of benzene rings is 1. The molecule has 1 N–H and O–H groups in total. The summed E-state index contributed by atoms with van der Waals surface area (Å²) in [5.74, 6) is 0.0300. The Balaban J connectivity index is 2.58. The number of amides is 1. The second kappa shape index (κ2) is 3.18. The molecule has 0 radical (unpaired) electrons. The number of rotatable bonds is 1. The molecule has 0 unspecified atom stereocenters. The fraction of sp³-hybridized carbons (Fsp3) is 0.182. The molecule has 14 heavy (non-hydrogen) atoms. The highest BCUT2D eigenvalue weighted by molar-refractivity contribution is 6.06. The Morgan fingerprint density at radius 2 is 2.00 bits per heavy atom. The minimum Gasteiger partial charge on any atom is -0.360 e. The van der Waals surface area contributed by atoms with Crippen molar-refractivity contribution in [2.75, 3.05) is 14.1 Å². The topological polar surface area (TPSA) is 36.1 Å². The number of hydrogen-bond donors (Lipinski definition) is 1. The van der Waals surface area contributed by atoms with Gasteiger partial charge in [-0.1, -0.05) is 18.2 Å². The lowest BCUT2D eigenvalue weighted by atomic mass is 10.1. The molecule has 0 saturated heterocycles. The zero-order chi connectivity index (χ0) is 10.1. The molecule has 3 heteroatoms. The van der Waals surface area contributed by atoms with Crippen molar-refractivity contribution in [2.45, 2.75) is 0 Å². The van der Waals surface area contributed by atoms with Crippen LogP contribution in [0.3, 0.4) is 0 Å². The van der Waals surface area contributed by atoms with Crippen LogP contribution in [0.4, 0.5) is 0 Å². The van der Waals surface area contributed by atoms with Gasteiger partial charge in [0.1, 0.15) is 0 Å². The maximum atomic E-state index is 11.7. The maximum absolute atomic E-state index is 11.7. The quantitative estimate of drug-likeness (QED) is 0.728. The molecule has 0 aliphatic rings. The molecular formula is C11H12N2O. The molecular weight excluding hydrogens is 176 g/mol. The average molecular weight is 188 g/mol. The smallest absolute Gasteiger partial charge is 0.255 e. The number of carbonyl (C=O) groups is 1. The summed E-state index contributed by atoms with van der Waals surface area (Å²) >= 11 is 0. The Morgan fingerprint density at radius 3 is 2.71 bits per heavy atom. The van der Waals surface area contributed by atoms with Crippen molar-refractivity contribution in [2.24, 2.45) is 0 Å². The van der Waals surface area contributed by atoms with Crippen LogP contribution >= 0.6 is 0 Å². The molecule has 0 bridgehead atoms. The summed E-state index contributed by atoms with van der Waals surface area (Å²) in [6.07, 6.45) is 1.76. The normalized spacial score (nSPS) is 10.4. The largest absolute Gasteiger partial charge is 0.360 e. The van der Waals surface area contributed by atoms with Gasteiger partial charge in [0, 0.05) is 31.2 Å². The average Bonchev–Trinajstić information content (AvgIpc) is 2.60. The number of aromatic amines is 1. The van der Waals surface area contributed by atoms with Gasteiger partial charge in [-0.2, -0.15) is 0 Å². The third-order valence-electron chi connectivity index (χ3n) is 2.23. The molecule has 3 nitrogen and oxygen atoms in total. The van der Waals surface area contributed by atoms with Gasteiger partial charge in [-0.05, 0) is 6.07 Å². The van der Waals surface area contributed by atoms with Gasteiger partial charge in [0.15, 0.2) is 0 Å². The van der Waals surface area contributed by atoms with Gasteiger partial charge in [-0.3, -0.25) is 4.79 Å². The number of hydrogen-bond acceptors (Lipinski definition) is 1. The summed E-state index contributed by atoms with van der Waals surface area (Å²) < 4.78 is 0. The first-order valence-electron chi connectivity index (χ1n) is 4.48. The Bertz CT molecular complexity index is 471. The molecule has 1 amide bonds. The molecule has 0 fully saturated rings. The summed E-state index contributed by atoms with van der Waals surface area (Å²) in [7, 11) is 3.51. The molecule has 0 atom stereocenters. The molecule has 0 saturated carbocycles. The number of aromatic nitrogens is 1. The number of carbonyl (C=O) groups excluding carboxylic acids is 1. The van der Waals surface area contributed by atoms with E-state index < -0.39 is 0 Å². The minimum atomic E-state index is 0.0300. The fourth-order valence-corrected chi connectivity index (χ4v) is 1.49. The van der Waals surface area contributed by atoms with Crippen LogP contribution in [0.1, 0.15) is 10.4 Å². The number of fused-ring (bicyclic) bond motifs is 1. The van der Waals surface area contributed by atoms with Gasteiger partial charge in [-0.25, -0.2) is 0 Å². The van der Waals surface area contributed by atoms with Gasteiger partial charge in [0.2, 0.25) is 0 Å². The van der Waals surface area contributed by atoms with Gasteiger partial charge < -0.3 is 9.88 Å². The third-order valence-corrected chi connectivity index (χ3v) is 2.23. The Labute approximate surface area is 82.3 Å². The van der Waals surface area contributed by atoms with Crippen LogP contribution in [0.5, 0.6) is 0 Å². The molecule has 1 aromatic carbocycles. The number of para-hydroxylation sites is 1. The minimum absolute atomic E-state index is 0.0300. The molecule has 0 aliphatic heterocycles. The SMILES string of the molecule is CN(C)C(=O)c1c[nH]c2ccccc12. The molecule has 2 aromatic rings. The number of H-pyrrole nitrogens is 1. The Hall–Kier alpha value is -1.77. The first-order valence-corrected chi connectivity index (χ1v) is 4.48. The van der Waals surface area contributed by atoms with Crippen molar-refractivity contribution >= 4 is 16.8 Å². The van der Waals surface area contributed by atoms with E-state index in [0.717, 1.165) is 16.5 Å². The van der Waals surface area contributed by atoms with E-state index in [9.17, 15) is 4.79 Å². The first-order chi connectivity index (χ1) is 6.70. The molecule has 1 aromatic heterocycles. The highest BCUT2D eigenvalue weighted by Crippen LogP contribution is 2.18. The first kappa shape index (κ1) is 8.81. The molecule has 2 rings (SSSR count). The van der Waals surface area contributed by atoms with Crippen molar-refractivity contribution in [1.82, 2.24) is 9.88 Å². The lowest BCUT2D eigenvalue weighted by molar-refractivity contribution is 0.0829. The number of nitrogens with one attached hydrogen (secondary N) is 1. The van der Waals surface area contributed by atoms with Crippen molar-refractivity contribution in [3.63, 3.8) is 0 Å². The zero-order valence-corrected chi connectivity index (χ0v) is 8.24. The van der Waals surface area contributed by atoms with Gasteiger partial charge >= 0.3 is 0 Å². The lowest BCUT2D eigenvalue weighted by Gasteiger charge is -2.08. The summed E-state index contributed by atoms with van der Waals surface area (Å²) in [5.41, 5.74) is 1.73. The van der Waals surface area contributed by atoms with Crippen LogP contribution in [-0.4, -0.2) is 29.9 Å². The highest BCUT2D eigenvalue weighted by Gasteiger charge is 2.12. The van der Waals surface area contributed by atoms with Crippen LogP contribution in [0.15, 0.2) is 30.5 Å². The summed E-state index contributed by atoms with van der Waals surface area (Å²) in [4.78, 5) is 16.4. The fourth-order valence-electron chi connectivity index (χ4n) is 1.49. The second-order valence-corrected chi connectivity index (χ2v) is 3.45. The van der Waals surface area contributed by atoms with Crippen LogP contribution < -0.4 is 0 Å². The van der Waals surface area contributed by atoms with Crippen LogP contribution in [-0.2, 0) is 0 Å². The van der Waals surface area contributed by atoms with Crippen molar-refractivity contribution in [3.05, 3.63) is 36.0 Å². The van der Waals surface area contributed by atoms with E-state index >= 15 is 0 Å². The third kappa shape index (κ3) is 1.27. The van der Waals surface area contributed by atoms with Crippen molar-refractivity contribution in [3.8, 4) is 0 Å².